The quantitative estimate of drug-likeness (QED) is 0.847. The maximum absolute atomic E-state index is 11.6. The molecule has 0 saturated heterocycles. The molecule has 1 amide bonds. The maximum Gasteiger partial charge on any atom is 0.251 e. The second-order valence-corrected chi connectivity index (χ2v) is 5.51. The number of aryl methyl sites for hydroxylation is 1. The van der Waals surface area contributed by atoms with Crippen molar-refractivity contribution >= 4 is 21.6 Å². The number of hydrogen-bond acceptors (Lipinski definition) is 3. The second-order valence-electron chi connectivity index (χ2n) is 3.76. The van der Waals surface area contributed by atoms with Gasteiger partial charge in [-0.05, 0) is 31.5 Å². The van der Waals surface area contributed by atoms with Gasteiger partial charge in [-0.25, -0.2) is 8.42 Å². The summed E-state index contributed by atoms with van der Waals surface area (Å²) in [5.74, 6) is -0.218. The molecule has 1 rings (SSSR count). The first-order valence-electron chi connectivity index (χ1n) is 5.20. The van der Waals surface area contributed by atoms with E-state index in [1.165, 1.54) is 6.07 Å². The highest BCUT2D eigenvalue weighted by Gasteiger charge is 2.09. The van der Waals surface area contributed by atoms with Gasteiger partial charge < -0.3 is 5.32 Å². The van der Waals surface area contributed by atoms with E-state index >= 15 is 0 Å². The first kappa shape index (κ1) is 13.5. The molecule has 1 aromatic rings. The van der Waals surface area contributed by atoms with E-state index in [0.29, 0.717) is 17.8 Å². The summed E-state index contributed by atoms with van der Waals surface area (Å²) in [6.07, 6.45) is 1.07. The third-order valence-electron chi connectivity index (χ3n) is 2.13. The molecule has 5 nitrogen and oxygen atoms in total. The van der Waals surface area contributed by atoms with Crippen molar-refractivity contribution in [3.63, 3.8) is 0 Å². The Morgan fingerprint density at radius 2 is 2.00 bits per heavy atom. The number of nitrogens with one attached hydrogen (secondary N) is 2. The van der Waals surface area contributed by atoms with Crippen LogP contribution in [-0.4, -0.2) is 27.1 Å². The van der Waals surface area contributed by atoms with Crippen LogP contribution in [0.3, 0.4) is 0 Å². The predicted octanol–water partition coefficient (Wildman–Crippen LogP) is 1.12. The minimum atomic E-state index is -3.34. The normalized spacial score (nSPS) is 11.0. The van der Waals surface area contributed by atoms with Gasteiger partial charge in [0.15, 0.2) is 0 Å². The topological polar surface area (TPSA) is 75.3 Å². The summed E-state index contributed by atoms with van der Waals surface area (Å²) in [5.41, 5.74) is 1.63. The summed E-state index contributed by atoms with van der Waals surface area (Å²) >= 11 is 0. The third-order valence-corrected chi connectivity index (χ3v) is 2.72. The molecule has 1 aromatic carbocycles. The number of anilines is 1. The fraction of sp³-hybridized carbons (Fsp3) is 0.364. The molecule has 0 heterocycles. The van der Waals surface area contributed by atoms with Crippen molar-refractivity contribution in [2.24, 2.45) is 0 Å². The minimum Gasteiger partial charge on any atom is -0.352 e. The molecule has 0 fully saturated rings. The zero-order valence-electron chi connectivity index (χ0n) is 10.1. The lowest BCUT2D eigenvalue weighted by atomic mass is 10.1. The molecule has 0 atom stereocenters. The number of hydrogen-bond donors (Lipinski definition) is 2. The Morgan fingerprint density at radius 1 is 1.35 bits per heavy atom. The van der Waals surface area contributed by atoms with Crippen LogP contribution in [0.15, 0.2) is 18.2 Å². The molecule has 6 heteroatoms. The molecule has 0 saturated carbocycles. The number of sulfonamides is 1. The van der Waals surface area contributed by atoms with Crippen LogP contribution in [0, 0.1) is 6.92 Å². The Kier molecular flexibility index (Phi) is 4.11. The Morgan fingerprint density at radius 3 is 2.53 bits per heavy atom. The molecular weight excluding hydrogens is 240 g/mol. The highest BCUT2D eigenvalue weighted by molar-refractivity contribution is 7.92. The van der Waals surface area contributed by atoms with Crippen LogP contribution >= 0.6 is 0 Å². The van der Waals surface area contributed by atoms with Gasteiger partial charge in [0.05, 0.1) is 11.9 Å². The second kappa shape index (κ2) is 5.18. The van der Waals surface area contributed by atoms with E-state index in [-0.39, 0.29) is 5.91 Å². The smallest absolute Gasteiger partial charge is 0.251 e. The SMILES string of the molecule is CCNC(=O)c1ccc(C)c(NS(C)(=O)=O)c1. The molecule has 17 heavy (non-hydrogen) atoms. The molecule has 0 aliphatic heterocycles. The van der Waals surface area contributed by atoms with Gasteiger partial charge >= 0.3 is 0 Å². The summed E-state index contributed by atoms with van der Waals surface area (Å²) in [7, 11) is -3.34. The number of carbonyl (C=O) groups is 1. The zero-order valence-corrected chi connectivity index (χ0v) is 10.9. The van der Waals surface area contributed by atoms with Gasteiger partial charge in [-0.1, -0.05) is 6.07 Å². The monoisotopic (exact) mass is 256 g/mol. The number of benzene rings is 1. The first-order valence-corrected chi connectivity index (χ1v) is 7.09. The van der Waals surface area contributed by atoms with E-state index in [2.05, 4.69) is 10.0 Å². The van der Waals surface area contributed by atoms with Crippen molar-refractivity contribution in [3.8, 4) is 0 Å². The van der Waals surface area contributed by atoms with Gasteiger partial charge in [-0.2, -0.15) is 0 Å². The molecule has 0 aliphatic rings. The van der Waals surface area contributed by atoms with Gasteiger partial charge in [0.2, 0.25) is 10.0 Å². The predicted molar refractivity (Wildman–Crippen MR) is 67.7 cm³/mol. The van der Waals surface area contributed by atoms with Crippen molar-refractivity contribution in [2.45, 2.75) is 13.8 Å². The average Bonchev–Trinajstić information content (AvgIpc) is 2.19. The standard InChI is InChI=1S/C11H16N2O3S/c1-4-12-11(14)9-6-5-8(2)10(7-9)13-17(3,15)16/h5-7,13H,4H2,1-3H3,(H,12,14). The van der Waals surface area contributed by atoms with E-state index in [1.807, 2.05) is 6.92 Å². The summed E-state index contributed by atoms with van der Waals surface area (Å²) in [6.45, 7) is 4.12. The molecule has 0 aromatic heterocycles. The van der Waals surface area contributed by atoms with Crippen LogP contribution in [0.4, 0.5) is 5.69 Å². The van der Waals surface area contributed by atoms with Crippen molar-refractivity contribution < 1.29 is 13.2 Å². The Bertz CT molecular complexity index is 524. The van der Waals surface area contributed by atoms with Gasteiger partial charge in [0.25, 0.3) is 5.91 Å². The fourth-order valence-electron chi connectivity index (χ4n) is 1.34. The summed E-state index contributed by atoms with van der Waals surface area (Å²) in [4.78, 5) is 11.6. The van der Waals surface area contributed by atoms with Gasteiger partial charge in [-0.15, -0.1) is 0 Å². The van der Waals surface area contributed by atoms with E-state index in [0.717, 1.165) is 11.8 Å². The summed E-state index contributed by atoms with van der Waals surface area (Å²) < 4.78 is 24.7. The molecule has 0 spiro atoms. The number of amides is 1. The lowest BCUT2D eigenvalue weighted by Gasteiger charge is -2.09. The van der Waals surface area contributed by atoms with Crippen molar-refractivity contribution in [3.05, 3.63) is 29.3 Å². The fourth-order valence-corrected chi connectivity index (χ4v) is 1.95. The zero-order chi connectivity index (χ0) is 13.1. The van der Waals surface area contributed by atoms with E-state index in [4.69, 9.17) is 0 Å². The molecule has 94 valence electrons. The summed E-state index contributed by atoms with van der Waals surface area (Å²) in [6, 6.07) is 4.90. The van der Waals surface area contributed by atoms with E-state index in [1.54, 1.807) is 19.1 Å². The van der Waals surface area contributed by atoms with Crippen molar-refractivity contribution in [1.82, 2.24) is 5.32 Å². The van der Waals surface area contributed by atoms with Crippen molar-refractivity contribution in [2.75, 3.05) is 17.5 Å². The van der Waals surface area contributed by atoms with E-state index in [9.17, 15) is 13.2 Å². The lowest BCUT2D eigenvalue weighted by molar-refractivity contribution is 0.0956. The Labute approximate surface area is 101 Å². The highest BCUT2D eigenvalue weighted by Crippen LogP contribution is 2.17. The van der Waals surface area contributed by atoms with Gasteiger partial charge in [-0.3, -0.25) is 9.52 Å². The third kappa shape index (κ3) is 4.07. The summed E-state index contributed by atoms with van der Waals surface area (Å²) in [5, 5.41) is 2.66. The minimum absolute atomic E-state index is 0.218. The number of rotatable bonds is 4. The average molecular weight is 256 g/mol. The Balaban J connectivity index is 3.06. The van der Waals surface area contributed by atoms with Gasteiger partial charge in [0, 0.05) is 12.1 Å². The molecule has 0 aliphatic carbocycles. The van der Waals surface area contributed by atoms with Gasteiger partial charge in [0.1, 0.15) is 0 Å². The molecule has 2 N–H and O–H groups in total. The first-order chi connectivity index (χ1) is 7.83. The van der Waals surface area contributed by atoms with Crippen LogP contribution in [0.5, 0.6) is 0 Å². The number of carbonyl (C=O) groups excluding carboxylic acids is 1. The van der Waals surface area contributed by atoms with Crippen LogP contribution in [0.1, 0.15) is 22.8 Å². The lowest BCUT2D eigenvalue weighted by Crippen LogP contribution is -2.23. The van der Waals surface area contributed by atoms with Crippen LogP contribution in [0.2, 0.25) is 0 Å². The molecule has 0 bridgehead atoms. The van der Waals surface area contributed by atoms with E-state index < -0.39 is 10.0 Å². The molecular formula is C11H16N2O3S. The highest BCUT2D eigenvalue weighted by atomic mass is 32.2. The van der Waals surface area contributed by atoms with Crippen molar-refractivity contribution in [1.29, 1.82) is 0 Å². The largest absolute Gasteiger partial charge is 0.352 e. The Hall–Kier alpha value is -1.56. The maximum atomic E-state index is 11.6. The molecule has 0 radical (unpaired) electrons. The van der Waals surface area contributed by atoms with Crippen LogP contribution in [0.25, 0.3) is 0 Å². The van der Waals surface area contributed by atoms with Crippen LogP contribution in [-0.2, 0) is 10.0 Å². The van der Waals surface area contributed by atoms with Crippen LogP contribution < -0.4 is 10.0 Å². The molecule has 0 unspecified atom stereocenters.